The molecule has 0 heteroatoms. The van der Waals surface area contributed by atoms with Gasteiger partial charge in [-0.05, 0) is 111 Å². The highest BCUT2D eigenvalue weighted by Crippen LogP contribution is 2.57. The van der Waals surface area contributed by atoms with E-state index >= 15 is 0 Å². The average molecular weight is 587 g/mol. The minimum Gasteiger partial charge on any atom is -0.0616 e. The van der Waals surface area contributed by atoms with Gasteiger partial charge in [-0.15, -0.1) is 0 Å². The first-order chi connectivity index (χ1) is 22.4. The van der Waals surface area contributed by atoms with E-state index in [0.717, 1.165) is 0 Å². The van der Waals surface area contributed by atoms with Crippen LogP contribution in [-0.4, -0.2) is 0 Å². The lowest BCUT2D eigenvalue weighted by Crippen LogP contribution is -2.16. The van der Waals surface area contributed by atoms with Crippen molar-refractivity contribution in [2.45, 2.75) is 38.5 Å². The quantitative estimate of drug-likeness (QED) is 0.168. The summed E-state index contributed by atoms with van der Waals surface area (Å²) in [7, 11) is 0. The van der Waals surface area contributed by atoms with Crippen molar-refractivity contribution in [3.05, 3.63) is 156 Å². The monoisotopic (exact) mass is 586 g/mol. The summed E-state index contributed by atoms with van der Waals surface area (Å²) in [6.45, 7) is 9.67. The lowest BCUT2D eigenvalue weighted by Gasteiger charge is -2.25. The van der Waals surface area contributed by atoms with Crippen LogP contribution in [0.2, 0.25) is 0 Å². The summed E-state index contributed by atoms with van der Waals surface area (Å²) in [5.41, 5.74) is 13.7. The van der Waals surface area contributed by atoms with E-state index in [9.17, 15) is 0 Å². The van der Waals surface area contributed by atoms with Gasteiger partial charge in [0.1, 0.15) is 0 Å². The fourth-order valence-electron chi connectivity index (χ4n) is 9.33. The van der Waals surface area contributed by atoms with Crippen LogP contribution in [0.3, 0.4) is 0 Å². The van der Waals surface area contributed by atoms with Gasteiger partial charge in [0, 0.05) is 10.8 Å². The molecule has 46 heavy (non-hydrogen) atoms. The highest BCUT2D eigenvalue weighted by Gasteiger charge is 2.40. The second kappa shape index (κ2) is 8.74. The Balaban J connectivity index is 1.19. The van der Waals surface area contributed by atoms with E-state index in [0.29, 0.717) is 0 Å². The average Bonchev–Trinajstić information content (AvgIpc) is 3.48. The molecule has 0 aliphatic heterocycles. The first kappa shape index (κ1) is 26.1. The molecule has 0 N–H and O–H groups in total. The maximum Gasteiger partial charge on any atom is 0.0165 e. The molecular weight excluding hydrogens is 553 g/mol. The Kier molecular flexibility index (Phi) is 4.95. The zero-order valence-electron chi connectivity index (χ0n) is 26.7. The molecule has 2 aliphatic rings. The van der Waals surface area contributed by atoms with Gasteiger partial charge >= 0.3 is 0 Å². The summed E-state index contributed by atoms with van der Waals surface area (Å²) in [4.78, 5) is 0. The minimum absolute atomic E-state index is 0.117. The third kappa shape index (κ3) is 3.14. The van der Waals surface area contributed by atoms with Crippen molar-refractivity contribution in [3.8, 4) is 33.4 Å². The molecular formula is C46H34. The number of fused-ring (bicyclic) bond motifs is 16. The molecule has 0 saturated carbocycles. The fraction of sp³-hybridized carbons (Fsp3) is 0.130. The molecule has 0 nitrogen and oxygen atoms in total. The second-order valence-electron chi connectivity index (χ2n) is 14.5. The van der Waals surface area contributed by atoms with E-state index in [1.54, 1.807) is 0 Å². The first-order valence-electron chi connectivity index (χ1n) is 16.5. The fourth-order valence-corrected chi connectivity index (χ4v) is 9.33. The van der Waals surface area contributed by atoms with E-state index in [2.05, 4.69) is 161 Å². The third-order valence-electron chi connectivity index (χ3n) is 11.4. The van der Waals surface area contributed by atoms with Crippen molar-refractivity contribution in [3.63, 3.8) is 0 Å². The van der Waals surface area contributed by atoms with Gasteiger partial charge in [0.15, 0.2) is 0 Å². The predicted molar refractivity (Wildman–Crippen MR) is 197 cm³/mol. The summed E-state index contributed by atoms with van der Waals surface area (Å²) in [5.74, 6) is 0. The van der Waals surface area contributed by atoms with Gasteiger partial charge in [-0.3, -0.25) is 0 Å². The number of hydrogen-bond acceptors (Lipinski definition) is 0. The zero-order valence-corrected chi connectivity index (χ0v) is 26.7. The summed E-state index contributed by atoms with van der Waals surface area (Å²) < 4.78 is 0. The Morgan fingerprint density at radius 2 is 0.630 bits per heavy atom. The first-order valence-corrected chi connectivity index (χ1v) is 16.5. The predicted octanol–water partition coefficient (Wildman–Crippen LogP) is 12.6. The maximum atomic E-state index is 2.49. The van der Waals surface area contributed by atoms with Gasteiger partial charge in [0.25, 0.3) is 0 Å². The Bertz CT molecular complexity index is 2440. The molecule has 0 spiro atoms. The zero-order chi connectivity index (χ0) is 30.9. The topological polar surface area (TPSA) is 0 Å². The molecule has 8 aromatic carbocycles. The van der Waals surface area contributed by atoms with Crippen LogP contribution >= 0.6 is 0 Å². The Labute approximate surface area is 270 Å². The lowest BCUT2D eigenvalue weighted by atomic mass is 9.78. The highest BCUT2D eigenvalue weighted by atomic mass is 14.4. The van der Waals surface area contributed by atoms with Crippen LogP contribution in [-0.2, 0) is 10.8 Å². The molecule has 0 fully saturated rings. The van der Waals surface area contributed by atoms with Crippen LogP contribution in [0.15, 0.2) is 133 Å². The van der Waals surface area contributed by atoms with Crippen LogP contribution in [0.4, 0.5) is 0 Å². The summed E-state index contributed by atoms with van der Waals surface area (Å²) in [6.07, 6.45) is 0. The largest absolute Gasteiger partial charge is 0.0616 e. The second-order valence-corrected chi connectivity index (χ2v) is 14.5. The van der Waals surface area contributed by atoms with E-state index in [4.69, 9.17) is 0 Å². The number of rotatable bonds is 1. The van der Waals surface area contributed by atoms with Crippen LogP contribution in [0.25, 0.3) is 76.5 Å². The standard InChI is InChI=1S/C46H34/c1-45(2)39-25-27(21-23-37(39)41-33-17-9-5-13-29(33)31-15-7-11-19-35(31)43(41)45)28-22-24-38-40(26-28)46(3,4)44-36-20-12-8-16-32(36)30-14-6-10-18-34(30)42(38)44/h5-26H,1-4H3. The molecule has 0 unspecified atom stereocenters. The molecule has 0 amide bonds. The smallest absolute Gasteiger partial charge is 0.0165 e. The van der Waals surface area contributed by atoms with E-state index in [1.165, 1.54) is 98.7 Å². The Hall–Kier alpha value is -5.20. The van der Waals surface area contributed by atoms with E-state index in [-0.39, 0.29) is 10.8 Å². The summed E-state index contributed by atoms with van der Waals surface area (Å²) in [6, 6.07) is 50.4. The van der Waals surface area contributed by atoms with Crippen molar-refractivity contribution in [2.75, 3.05) is 0 Å². The van der Waals surface area contributed by atoms with E-state index in [1.807, 2.05) is 0 Å². The molecule has 2 aliphatic carbocycles. The molecule has 8 aromatic rings. The Morgan fingerprint density at radius 1 is 0.326 bits per heavy atom. The van der Waals surface area contributed by atoms with Gasteiger partial charge in [-0.1, -0.05) is 149 Å². The highest BCUT2D eigenvalue weighted by molar-refractivity contribution is 6.19. The summed E-state index contributed by atoms with van der Waals surface area (Å²) >= 11 is 0. The SMILES string of the molecule is CC1(C)c2cc(-c3ccc4c(c3)C(C)(C)c3c-4c4ccccc4c4ccccc34)ccc2-c2c1c1ccccc1c1ccccc21. The normalized spacial score (nSPS) is 15.3. The minimum atomic E-state index is -0.117. The van der Waals surface area contributed by atoms with Gasteiger partial charge < -0.3 is 0 Å². The molecule has 0 saturated heterocycles. The molecule has 10 rings (SSSR count). The molecule has 0 aromatic heterocycles. The maximum absolute atomic E-state index is 2.49. The van der Waals surface area contributed by atoms with Crippen LogP contribution in [0.1, 0.15) is 49.9 Å². The van der Waals surface area contributed by atoms with E-state index < -0.39 is 0 Å². The van der Waals surface area contributed by atoms with Crippen molar-refractivity contribution < 1.29 is 0 Å². The van der Waals surface area contributed by atoms with Crippen molar-refractivity contribution in [1.82, 2.24) is 0 Å². The molecule has 0 radical (unpaired) electrons. The number of hydrogen-bond donors (Lipinski definition) is 0. The van der Waals surface area contributed by atoms with Crippen molar-refractivity contribution >= 4 is 43.1 Å². The number of benzene rings is 8. The molecule has 0 heterocycles. The third-order valence-corrected chi connectivity index (χ3v) is 11.4. The van der Waals surface area contributed by atoms with Gasteiger partial charge in [-0.2, -0.15) is 0 Å². The lowest BCUT2D eigenvalue weighted by molar-refractivity contribution is 0.665. The van der Waals surface area contributed by atoms with Crippen LogP contribution in [0.5, 0.6) is 0 Å². The summed E-state index contributed by atoms with van der Waals surface area (Å²) in [5, 5.41) is 10.8. The van der Waals surface area contributed by atoms with Gasteiger partial charge in [0.2, 0.25) is 0 Å². The van der Waals surface area contributed by atoms with Crippen LogP contribution in [0, 0.1) is 0 Å². The van der Waals surface area contributed by atoms with Gasteiger partial charge in [0.05, 0.1) is 0 Å². The molecule has 218 valence electrons. The van der Waals surface area contributed by atoms with Crippen LogP contribution < -0.4 is 0 Å². The molecule has 0 atom stereocenters. The molecule has 0 bridgehead atoms. The Morgan fingerprint density at radius 3 is 1.00 bits per heavy atom. The van der Waals surface area contributed by atoms with Crippen molar-refractivity contribution in [2.24, 2.45) is 0 Å². The van der Waals surface area contributed by atoms with Crippen molar-refractivity contribution in [1.29, 1.82) is 0 Å². The van der Waals surface area contributed by atoms with Gasteiger partial charge in [-0.25, -0.2) is 0 Å².